The number of likely N-dealkylation sites (N-methyl/N-ethyl adjacent to an activating group) is 1. The van der Waals surface area contributed by atoms with Gasteiger partial charge in [-0.1, -0.05) is 12.1 Å². The van der Waals surface area contributed by atoms with E-state index in [1.54, 1.807) is 30.5 Å². The van der Waals surface area contributed by atoms with Crippen LogP contribution in [0.1, 0.15) is 27.2 Å². The first-order valence-corrected chi connectivity index (χ1v) is 9.68. The van der Waals surface area contributed by atoms with Crippen molar-refractivity contribution < 1.29 is 9.32 Å². The SMILES string of the molecule is CCC1C(=O)N(C)c2cnc(-c3cnoc3-c3nccs3)nc2N1C(C)C. The third kappa shape index (κ3) is 2.78. The molecule has 0 fully saturated rings. The van der Waals surface area contributed by atoms with Crippen molar-refractivity contribution in [2.24, 2.45) is 0 Å². The van der Waals surface area contributed by atoms with Gasteiger partial charge in [0.2, 0.25) is 11.7 Å². The van der Waals surface area contributed by atoms with Gasteiger partial charge in [0.05, 0.1) is 18.0 Å². The molecule has 1 atom stereocenters. The number of anilines is 2. The Hall–Kier alpha value is -2.81. The standard InChI is InChI=1S/C18H20N6O2S/c1-5-12-18(25)23(4)13-9-20-15(22-16(13)24(12)10(2)3)11-8-21-26-14(11)17-19-6-7-27-17/h6-10,12H,5H2,1-4H3. The molecule has 0 aromatic carbocycles. The van der Waals surface area contributed by atoms with Gasteiger partial charge in [-0.3, -0.25) is 4.79 Å². The molecule has 1 amide bonds. The van der Waals surface area contributed by atoms with Crippen molar-refractivity contribution in [1.29, 1.82) is 0 Å². The maximum Gasteiger partial charge on any atom is 0.249 e. The van der Waals surface area contributed by atoms with Crippen LogP contribution >= 0.6 is 11.3 Å². The van der Waals surface area contributed by atoms with E-state index in [2.05, 4.69) is 33.9 Å². The fourth-order valence-electron chi connectivity index (χ4n) is 3.40. The number of amides is 1. The van der Waals surface area contributed by atoms with Crippen molar-refractivity contribution in [1.82, 2.24) is 20.1 Å². The van der Waals surface area contributed by atoms with E-state index >= 15 is 0 Å². The molecule has 4 heterocycles. The minimum absolute atomic E-state index is 0.0588. The first-order valence-electron chi connectivity index (χ1n) is 8.80. The second-order valence-electron chi connectivity index (χ2n) is 6.63. The molecular weight excluding hydrogens is 364 g/mol. The normalized spacial score (nSPS) is 16.9. The predicted molar refractivity (Wildman–Crippen MR) is 104 cm³/mol. The molecule has 0 saturated carbocycles. The van der Waals surface area contributed by atoms with Crippen LogP contribution < -0.4 is 9.80 Å². The van der Waals surface area contributed by atoms with Crippen LogP contribution in [0.3, 0.4) is 0 Å². The van der Waals surface area contributed by atoms with E-state index in [4.69, 9.17) is 9.51 Å². The van der Waals surface area contributed by atoms with Crippen molar-refractivity contribution in [3.05, 3.63) is 24.0 Å². The molecule has 4 rings (SSSR count). The lowest BCUT2D eigenvalue weighted by atomic mass is 10.1. The Labute approximate surface area is 160 Å². The summed E-state index contributed by atoms with van der Waals surface area (Å²) < 4.78 is 5.40. The largest absolute Gasteiger partial charge is 0.353 e. The Morgan fingerprint density at radius 1 is 1.30 bits per heavy atom. The highest BCUT2D eigenvalue weighted by molar-refractivity contribution is 7.13. The fraction of sp³-hybridized carbons (Fsp3) is 0.389. The molecule has 3 aromatic rings. The number of thiazole rings is 1. The molecule has 0 bridgehead atoms. The predicted octanol–water partition coefficient (Wildman–Crippen LogP) is 3.22. The zero-order chi connectivity index (χ0) is 19.1. The van der Waals surface area contributed by atoms with Gasteiger partial charge in [-0.2, -0.15) is 0 Å². The number of fused-ring (bicyclic) bond motifs is 1. The topological polar surface area (TPSA) is 88.2 Å². The summed E-state index contributed by atoms with van der Waals surface area (Å²) >= 11 is 1.46. The van der Waals surface area contributed by atoms with Gasteiger partial charge in [0, 0.05) is 24.7 Å². The highest BCUT2D eigenvalue weighted by Crippen LogP contribution is 2.38. The number of carbonyl (C=O) groups is 1. The van der Waals surface area contributed by atoms with Crippen molar-refractivity contribution in [3.63, 3.8) is 0 Å². The van der Waals surface area contributed by atoms with E-state index in [9.17, 15) is 4.79 Å². The number of hydrogen-bond donors (Lipinski definition) is 0. The second kappa shape index (κ2) is 6.73. The minimum atomic E-state index is -0.244. The molecule has 3 aromatic heterocycles. The monoisotopic (exact) mass is 384 g/mol. The van der Waals surface area contributed by atoms with Crippen molar-refractivity contribution in [2.75, 3.05) is 16.8 Å². The average Bonchev–Trinajstić information content (AvgIpc) is 3.34. The molecule has 0 spiro atoms. The van der Waals surface area contributed by atoms with Crippen LogP contribution in [0.25, 0.3) is 22.2 Å². The van der Waals surface area contributed by atoms with E-state index in [0.717, 1.165) is 10.8 Å². The van der Waals surface area contributed by atoms with Crippen LogP contribution in [-0.4, -0.2) is 45.1 Å². The molecule has 1 unspecified atom stereocenters. The average molecular weight is 384 g/mol. The fourth-order valence-corrected chi connectivity index (χ4v) is 4.02. The number of nitrogens with zero attached hydrogens (tertiary/aromatic N) is 6. The maximum atomic E-state index is 12.8. The number of aromatic nitrogens is 4. The lowest BCUT2D eigenvalue weighted by Crippen LogP contribution is -2.54. The molecule has 8 nitrogen and oxygen atoms in total. The highest BCUT2D eigenvalue weighted by atomic mass is 32.1. The lowest BCUT2D eigenvalue weighted by molar-refractivity contribution is -0.120. The molecule has 1 aliphatic heterocycles. The third-order valence-electron chi connectivity index (χ3n) is 4.69. The second-order valence-corrected chi connectivity index (χ2v) is 7.53. The van der Waals surface area contributed by atoms with Crippen LogP contribution in [0.4, 0.5) is 11.5 Å². The van der Waals surface area contributed by atoms with Gasteiger partial charge in [-0.05, 0) is 20.3 Å². The molecular formula is C18H20N6O2S. The highest BCUT2D eigenvalue weighted by Gasteiger charge is 2.38. The Kier molecular flexibility index (Phi) is 4.39. The van der Waals surface area contributed by atoms with Crippen LogP contribution in [0, 0.1) is 0 Å². The van der Waals surface area contributed by atoms with Crippen LogP contribution in [0.5, 0.6) is 0 Å². The third-order valence-corrected chi connectivity index (χ3v) is 5.46. The molecule has 0 radical (unpaired) electrons. The lowest BCUT2D eigenvalue weighted by Gasteiger charge is -2.42. The zero-order valence-electron chi connectivity index (χ0n) is 15.6. The Bertz CT molecular complexity index is 968. The minimum Gasteiger partial charge on any atom is -0.353 e. The van der Waals surface area contributed by atoms with Gasteiger partial charge in [-0.25, -0.2) is 15.0 Å². The molecule has 27 heavy (non-hydrogen) atoms. The van der Waals surface area contributed by atoms with Crippen LogP contribution in [0.15, 0.2) is 28.5 Å². The van der Waals surface area contributed by atoms with Crippen LogP contribution in [-0.2, 0) is 4.79 Å². The van der Waals surface area contributed by atoms with Gasteiger partial charge < -0.3 is 14.3 Å². The Morgan fingerprint density at radius 2 is 2.11 bits per heavy atom. The summed E-state index contributed by atoms with van der Waals surface area (Å²) in [5.41, 5.74) is 1.39. The van der Waals surface area contributed by atoms with Crippen molar-refractivity contribution >= 4 is 28.7 Å². The molecule has 0 aliphatic carbocycles. The van der Waals surface area contributed by atoms with Gasteiger partial charge in [0.1, 0.15) is 11.7 Å². The van der Waals surface area contributed by atoms with E-state index in [-0.39, 0.29) is 18.0 Å². The van der Waals surface area contributed by atoms with Gasteiger partial charge in [0.25, 0.3) is 0 Å². The summed E-state index contributed by atoms with van der Waals surface area (Å²) in [6, 6.07) is -0.124. The quantitative estimate of drug-likeness (QED) is 0.682. The molecule has 140 valence electrons. The van der Waals surface area contributed by atoms with Gasteiger partial charge in [0.15, 0.2) is 16.6 Å². The molecule has 9 heteroatoms. The first-order chi connectivity index (χ1) is 13.0. The number of hydrogen-bond acceptors (Lipinski definition) is 8. The zero-order valence-corrected chi connectivity index (χ0v) is 16.4. The van der Waals surface area contributed by atoms with Crippen molar-refractivity contribution in [2.45, 2.75) is 39.3 Å². The summed E-state index contributed by atoms with van der Waals surface area (Å²) in [5, 5.41) is 6.51. The Balaban J connectivity index is 1.86. The summed E-state index contributed by atoms with van der Waals surface area (Å²) in [6.07, 6.45) is 5.72. The number of rotatable bonds is 4. The first kappa shape index (κ1) is 17.6. The summed E-state index contributed by atoms with van der Waals surface area (Å²) in [7, 11) is 1.77. The Morgan fingerprint density at radius 3 is 2.78 bits per heavy atom. The number of carbonyl (C=O) groups excluding carboxylic acids is 1. The summed E-state index contributed by atoms with van der Waals surface area (Å²) in [6.45, 7) is 6.14. The maximum absolute atomic E-state index is 12.8. The van der Waals surface area contributed by atoms with E-state index in [1.165, 1.54) is 11.3 Å². The van der Waals surface area contributed by atoms with Crippen LogP contribution in [0.2, 0.25) is 0 Å². The van der Waals surface area contributed by atoms with E-state index in [1.807, 2.05) is 12.3 Å². The molecule has 0 saturated heterocycles. The summed E-state index contributed by atoms with van der Waals surface area (Å²) in [4.78, 5) is 30.0. The smallest absolute Gasteiger partial charge is 0.249 e. The van der Waals surface area contributed by atoms with E-state index < -0.39 is 0 Å². The molecule has 1 aliphatic rings. The molecule has 0 N–H and O–H groups in total. The van der Waals surface area contributed by atoms with E-state index in [0.29, 0.717) is 29.3 Å². The van der Waals surface area contributed by atoms with Gasteiger partial charge in [-0.15, -0.1) is 11.3 Å². The van der Waals surface area contributed by atoms with Gasteiger partial charge >= 0.3 is 0 Å². The summed E-state index contributed by atoms with van der Waals surface area (Å²) in [5.74, 6) is 1.86. The van der Waals surface area contributed by atoms with Crippen molar-refractivity contribution in [3.8, 4) is 22.2 Å².